The van der Waals surface area contributed by atoms with E-state index in [1.54, 1.807) is 9.80 Å². The number of rotatable bonds is 2. The Morgan fingerprint density at radius 2 is 2.05 bits per heavy atom. The number of carbonyl (C=O) groups excluding carboxylic acids is 2. The average Bonchev–Trinajstić information content (AvgIpc) is 2.75. The minimum Gasteiger partial charge on any atom is -0.444 e. The summed E-state index contributed by atoms with van der Waals surface area (Å²) < 4.78 is 5.39. The number of hydrogen-bond acceptors (Lipinski definition) is 4. The van der Waals surface area contributed by atoms with Crippen molar-refractivity contribution in [2.45, 2.75) is 44.8 Å². The van der Waals surface area contributed by atoms with Crippen molar-refractivity contribution in [3.05, 3.63) is 0 Å². The average molecular weight is 298 g/mol. The van der Waals surface area contributed by atoms with Crippen LogP contribution in [0.5, 0.6) is 0 Å². The van der Waals surface area contributed by atoms with Gasteiger partial charge in [-0.05, 0) is 33.6 Å². The monoisotopic (exact) mass is 298 g/mol. The predicted molar refractivity (Wildman–Crippen MR) is 78.9 cm³/mol. The molecule has 0 saturated carbocycles. The fraction of sp³-hybridized carbons (Fsp3) is 0.857. The lowest BCUT2D eigenvalue weighted by atomic mass is 9.92. The molecule has 0 bridgehead atoms. The lowest BCUT2D eigenvalue weighted by molar-refractivity contribution is 0.0274. The Hall–Kier alpha value is -1.50. The van der Waals surface area contributed by atoms with Gasteiger partial charge in [0.05, 0.1) is 5.54 Å². The molecule has 2 saturated heterocycles. The van der Waals surface area contributed by atoms with E-state index in [9.17, 15) is 9.59 Å². The van der Waals surface area contributed by atoms with Gasteiger partial charge >= 0.3 is 12.1 Å². The van der Waals surface area contributed by atoms with Gasteiger partial charge < -0.3 is 25.6 Å². The zero-order chi connectivity index (χ0) is 15.7. The van der Waals surface area contributed by atoms with Gasteiger partial charge in [-0.2, -0.15) is 0 Å². The molecule has 0 radical (unpaired) electrons. The zero-order valence-corrected chi connectivity index (χ0v) is 13.1. The highest BCUT2D eigenvalue weighted by Crippen LogP contribution is 2.29. The first-order valence-corrected chi connectivity index (χ1v) is 7.50. The molecule has 2 rings (SSSR count). The summed E-state index contributed by atoms with van der Waals surface area (Å²) in [5.74, 6) is 0. The van der Waals surface area contributed by atoms with E-state index in [1.165, 1.54) is 0 Å². The molecule has 7 heteroatoms. The van der Waals surface area contributed by atoms with E-state index in [0.717, 1.165) is 12.8 Å². The van der Waals surface area contributed by atoms with E-state index in [4.69, 9.17) is 10.5 Å². The van der Waals surface area contributed by atoms with Crippen LogP contribution in [0.3, 0.4) is 0 Å². The Kier molecular flexibility index (Phi) is 4.32. The van der Waals surface area contributed by atoms with Gasteiger partial charge in [0.1, 0.15) is 5.60 Å². The molecule has 0 aromatic rings. The topological polar surface area (TPSA) is 87.9 Å². The molecule has 3 amide bonds. The van der Waals surface area contributed by atoms with Gasteiger partial charge in [0, 0.05) is 32.7 Å². The maximum atomic E-state index is 12.1. The third-order valence-corrected chi connectivity index (χ3v) is 3.92. The van der Waals surface area contributed by atoms with Crippen molar-refractivity contribution in [1.82, 2.24) is 15.1 Å². The number of likely N-dealkylation sites (tertiary alicyclic amines) is 1. The second-order valence-corrected chi connectivity index (χ2v) is 6.89. The number of carbonyl (C=O) groups is 2. The van der Waals surface area contributed by atoms with Crippen LogP contribution in [0, 0.1) is 0 Å². The van der Waals surface area contributed by atoms with Crippen molar-refractivity contribution in [1.29, 1.82) is 0 Å². The molecule has 2 heterocycles. The molecule has 0 aromatic heterocycles. The highest BCUT2D eigenvalue weighted by Gasteiger charge is 2.45. The first-order valence-electron chi connectivity index (χ1n) is 7.50. The quantitative estimate of drug-likeness (QED) is 0.787. The second kappa shape index (κ2) is 5.71. The van der Waals surface area contributed by atoms with Crippen LogP contribution in [0.15, 0.2) is 0 Å². The van der Waals surface area contributed by atoms with Crippen LogP contribution in [0.1, 0.15) is 33.6 Å². The highest BCUT2D eigenvalue weighted by molar-refractivity contribution is 5.77. The lowest BCUT2D eigenvalue weighted by Crippen LogP contribution is -2.61. The normalized spacial score (nSPS) is 26.2. The molecule has 1 atom stereocenters. The summed E-state index contributed by atoms with van der Waals surface area (Å²) in [5, 5.41) is 3.06. The van der Waals surface area contributed by atoms with E-state index in [-0.39, 0.29) is 17.7 Å². The van der Waals surface area contributed by atoms with Crippen molar-refractivity contribution >= 4 is 12.1 Å². The number of ether oxygens (including phenoxy) is 1. The van der Waals surface area contributed by atoms with Crippen molar-refractivity contribution in [2.24, 2.45) is 5.73 Å². The Morgan fingerprint density at radius 3 is 2.62 bits per heavy atom. The van der Waals surface area contributed by atoms with Crippen molar-refractivity contribution in [3.8, 4) is 0 Å². The van der Waals surface area contributed by atoms with Gasteiger partial charge in [-0.3, -0.25) is 0 Å². The number of nitrogens with zero attached hydrogens (tertiary/aromatic N) is 2. The van der Waals surface area contributed by atoms with E-state index in [0.29, 0.717) is 32.7 Å². The summed E-state index contributed by atoms with van der Waals surface area (Å²) in [7, 11) is 0. The molecule has 1 unspecified atom stereocenters. The summed E-state index contributed by atoms with van der Waals surface area (Å²) in [6, 6.07) is -0.0854. The minimum absolute atomic E-state index is 0.0854. The molecule has 0 aliphatic carbocycles. The Labute approximate surface area is 125 Å². The summed E-state index contributed by atoms with van der Waals surface area (Å²) >= 11 is 0. The molecule has 21 heavy (non-hydrogen) atoms. The fourth-order valence-corrected chi connectivity index (χ4v) is 2.85. The summed E-state index contributed by atoms with van der Waals surface area (Å²) in [6.45, 7) is 8.40. The molecule has 7 nitrogen and oxygen atoms in total. The van der Waals surface area contributed by atoms with Gasteiger partial charge in [0.2, 0.25) is 0 Å². The van der Waals surface area contributed by atoms with Crippen molar-refractivity contribution in [3.63, 3.8) is 0 Å². The largest absolute Gasteiger partial charge is 0.444 e. The number of amides is 3. The van der Waals surface area contributed by atoms with Crippen molar-refractivity contribution in [2.75, 3.05) is 32.7 Å². The SMILES string of the molecule is CC(C)(C)OC(=O)N1CCC2(CCN(CCN)C(=O)N2)C1. The zero-order valence-electron chi connectivity index (χ0n) is 13.1. The van der Waals surface area contributed by atoms with Gasteiger partial charge in [-0.1, -0.05) is 0 Å². The molecule has 2 fully saturated rings. The lowest BCUT2D eigenvalue weighted by Gasteiger charge is -2.40. The maximum Gasteiger partial charge on any atom is 0.410 e. The van der Waals surface area contributed by atoms with Crippen LogP contribution < -0.4 is 11.1 Å². The molecule has 120 valence electrons. The van der Waals surface area contributed by atoms with Crippen LogP contribution in [0.4, 0.5) is 9.59 Å². The van der Waals surface area contributed by atoms with Crippen LogP contribution in [0.2, 0.25) is 0 Å². The fourth-order valence-electron chi connectivity index (χ4n) is 2.85. The van der Waals surface area contributed by atoms with Gasteiger partial charge in [0.15, 0.2) is 0 Å². The summed E-state index contributed by atoms with van der Waals surface area (Å²) in [5.41, 5.74) is 4.69. The summed E-state index contributed by atoms with van der Waals surface area (Å²) in [4.78, 5) is 27.6. The van der Waals surface area contributed by atoms with Crippen LogP contribution in [0.25, 0.3) is 0 Å². The molecule has 2 aliphatic rings. The van der Waals surface area contributed by atoms with E-state index >= 15 is 0 Å². The molecular weight excluding hydrogens is 272 g/mol. The van der Waals surface area contributed by atoms with Crippen LogP contribution in [-0.4, -0.2) is 65.8 Å². The molecule has 0 aromatic carbocycles. The Bertz CT molecular complexity index is 421. The highest BCUT2D eigenvalue weighted by atomic mass is 16.6. The summed E-state index contributed by atoms with van der Waals surface area (Å²) in [6.07, 6.45) is 1.30. The number of urea groups is 1. The third-order valence-electron chi connectivity index (χ3n) is 3.92. The molecular formula is C14H26N4O3. The van der Waals surface area contributed by atoms with Crippen molar-refractivity contribution < 1.29 is 14.3 Å². The Morgan fingerprint density at radius 1 is 1.38 bits per heavy atom. The maximum absolute atomic E-state index is 12.1. The first-order chi connectivity index (χ1) is 9.75. The third kappa shape index (κ3) is 3.78. The van der Waals surface area contributed by atoms with Gasteiger partial charge in [-0.15, -0.1) is 0 Å². The van der Waals surface area contributed by atoms with E-state index < -0.39 is 5.60 Å². The van der Waals surface area contributed by atoms with Crippen LogP contribution >= 0.6 is 0 Å². The van der Waals surface area contributed by atoms with Crippen LogP contribution in [-0.2, 0) is 4.74 Å². The predicted octanol–water partition coefficient (Wildman–Crippen LogP) is 0.740. The van der Waals surface area contributed by atoms with Gasteiger partial charge in [0.25, 0.3) is 0 Å². The second-order valence-electron chi connectivity index (χ2n) is 6.89. The Balaban J connectivity index is 1.93. The first kappa shape index (κ1) is 15.9. The number of hydrogen-bond donors (Lipinski definition) is 2. The number of nitrogens with two attached hydrogens (primary N) is 1. The molecule has 2 aliphatic heterocycles. The molecule has 3 N–H and O–H groups in total. The molecule has 1 spiro atoms. The van der Waals surface area contributed by atoms with E-state index in [1.807, 2.05) is 20.8 Å². The standard InChI is InChI=1S/C14H26N4O3/c1-13(2,3)21-12(20)18-8-5-14(10-18)4-7-17(9-6-15)11(19)16-14/h4-10,15H2,1-3H3,(H,16,19). The smallest absolute Gasteiger partial charge is 0.410 e. The number of nitrogens with one attached hydrogen (secondary N) is 1. The minimum atomic E-state index is -0.499. The van der Waals surface area contributed by atoms with Gasteiger partial charge in [-0.25, -0.2) is 9.59 Å². The van der Waals surface area contributed by atoms with E-state index in [2.05, 4.69) is 5.32 Å².